The van der Waals surface area contributed by atoms with Gasteiger partial charge in [0.1, 0.15) is 6.04 Å². The first-order valence-electron chi connectivity index (χ1n) is 8.45. The van der Waals surface area contributed by atoms with E-state index in [4.69, 9.17) is 0 Å². The molecule has 3 rings (SSSR count). The molecule has 1 fully saturated rings. The van der Waals surface area contributed by atoms with Crippen LogP contribution in [-0.4, -0.2) is 39.0 Å². The zero-order valence-electron chi connectivity index (χ0n) is 15.4. The number of amides is 1. The zero-order valence-corrected chi connectivity index (χ0v) is 15.4. The van der Waals surface area contributed by atoms with Crippen molar-refractivity contribution in [3.05, 3.63) is 47.3 Å². The van der Waals surface area contributed by atoms with E-state index in [0.717, 1.165) is 23.1 Å². The number of guanidine groups is 1. The monoisotopic (exact) mass is 407 g/mol. The smallest absolute Gasteiger partial charge is 0.416 e. The normalized spacial score (nSPS) is 18.7. The second-order valence-electron chi connectivity index (χ2n) is 6.41. The Morgan fingerprint density at radius 3 is 2.48 bits per heavy atom. The van der Waals surface area contributed by atoms with Gasteiger partial charge in [0.15, 0.2) is 0 Å². The van der Waals surface area contributed by atoms with Gasteiger partial charge in [-0.05, 0) is 38.1 Å². The van der Waals surface area contributed by atoms with Crippen LogP contribution in [0.4, 0.5) is 24.8 Å². The number of carbonyl (C=O) groups is 2. The fourth-order valence-electron chi connectivity index (χ4n) is 2.92. The lowest BCUT2D eigenvalue weighted by molar-refractivity contribution is -0.140. The van der Waals surface area contributed by atoms with E-state index >= 15 is 0 Å². The molecule has 1 saturated heterocycles. The van der Waals surface area contributed by atoms with Crippen LogP contribution in [0.5, 0.6) is 0 Å². The van der Waals surface area contributed by atoms with Gasteiger partial charge in [-0.1, -0.05) is 6.07 Å². The average Bonchev–Trinajstić information content (AvgIpc) is 2.59. The second kappa shape index (κ2) is 7.49. The minimum atomic E-state index is -4.62. The van der Waals surface area contributed by atoms with Gasteiger partial charge in [0.25, 0.3) is 5.95 Å². The molecule has 2 aromatic rings. The number of aryl methyl sites for hydroxylation is 2. The summed E-state index contributed by atoms with van der Waals surface area (Å²) in [6.45, 7) is 3.39. The van der Waals surface area contributed by atoms with Crippen LogP contribution in [0.2, 0.25) is 0 Å². The quantitative estimate of drug-likeness (QED) is 0.810. The van der Waals surface area contributed by atoms with Gasteiger partial charge in [-0.3, -0.25) is 15.0 Å². The minimum Gasteiger partial charge on any atom is -0.480 e. The number of nitrogens with one attached hydrogen (secondary N) is 1. The molecule has 1 atom stereocenters. The van der Waals surface area contributed by atoms with Crippen LogP contribution in [0.15, 0.2) is 35.3 Å². The van der Waals surface area contributed by atoms with Gasteiger partial charge >= 0.3 is 12.1 Å². The summed E-state index contributed by atoms with van der Waals surface area (Å²) in [4.78, 5) is 37.1. The van der Waals surface area contributed by atoms with E-state index < -0.39 is 36.1 Å². The van der Waals surface area contributed by atoms with Gasteiger partial charge in [0.05, 0.1) is 12.0 Å². The molecule has 1 aromatic carbocycles. The first-order valence-corrected chi connectivity index (χ1v) is 8.45. The zero-order chi connectivity index (χ0) is 21.3. The van der Waals surface area contributed by atoms with Crippen molar-refractivity contribution in [3.63, 3.8) is 0 Å². The Bertz CT molecular complexity index is 986. The fraction of sp³-hybridized carbons (Fsp3) is 0.278. The highest BCUT2D eigenvalue weighted by molar-refractivity contribution is 6.13. The molecular weight excluding hydrogens is 391 g/mol. The summed E-state index contributed by atoms with van der Waals surface area (Å²) >= 11 is 0. The highest BCUT2D eigenvalue weighted by atomic mass is 19.4. The van der Waals surface area contributed by atoms with E-state index in [1.807, 2.05) is 0 Å². The average molecular weight is 407 g/mol. The van der Waals surface area contributed by atoms with Crippen molar-refractivity contribution in [1.82, 2.24) is 15.3 Å². The molecule has 152 valence electrons. The topological polar surface area (TPSA) is 108 Å². The number of benzene rings is 1. The van der Waals surface area contributed by atoms with Gasteiger partial charge in [-0.25, -0.2) is 14.8 Å². The fourth-order valence-corrected chi connectivity index (χ4v) is 2.92. The molecule has 1 aliphatic rings. The Hall–Kier alpha value is -3.50. The van der Waals surface area contributed by atoms with Crippen LogP contribution in [-0.2, 0) is 15.8 Å². The number of aromatic nitrogens is 2. The second-order valence-corrected chi connectivity index (χ2v) is 6.41. The highest BCUT2D eigenvalue weighted by Crippen LogP contribution is 2.33. The van der Waals surface area contributed by atoms with E-state index in [9.17, 15) is 27.9 Å². The molecule has 1 aliphatic heterocycles. The third-order valence-corrected chi connectivity index (χ3v) is 4.08. The number of hydrogen-bond donors (Lipinski definition) is 2. The number of carbonyl (C=O) groups excluding carboxylic acids is 1. The number of nitrogens with zero attached hydrogens (tertiary/aromatic N) is 4. The lowest BCUT2D eigenvalue weighted by Crippen LogP contribution is -2.58. The van der Waals surface area contributed by atoms with E-state index in [1.165, 1.54) is 6.07 Å². The maximum absolute atomic E-state index is 13.1. The summed E-state index contributed by atoms with van der Waals surface area (Å²) < 4.78 is 39.4. The summed E-state index contributed by atoms with van der Waals surface area (Å²) in [7, 11) is 0. The number of aliphatic carboxylic acids is 1. The molecule has 0 aliphatic carbocycles. The summed E-state index contributed by atoms with van der Waals surface area (Å²) in [6, 6.07) is 4.36. The minimum absolute atomic E-state index is 0.0548. The van der Waals surface area contributed by atoms with Gasteiger partial charge in [-0.15, -0.1) is 0 Å². The highest BCUT2D eigenvalue weighted by Gasteiger charge is 2.38. The standard InChI is InChI=1S/C18H16F3N5O3/c1-9-6-10(2)23-16(22-9)25-17-24-14(27)8-13(15(28)29)26(17)12-5-3-4-11(7-12)18(19,20)21/h3-7,13H,8H2,1-2H3,(H,28,29)(H,22,23,24,25,27). The molecular formula is C18H16F3N5O3. The van der Waals surface area contributed by atoms with Crippen LogP contribution in [0.3, 0.4) is 0 Å². The van der Waals surface area contributed by atoms with Gasteiger partial charge in [0.2, 0.25) is 11.9 Å². The summed E-state index contributed by atoms with van der Waals surface area (Å²) in [5.41, 5.74) is 0.118. The Balaban J connectivity index is 2.15. The molecule has 0 radical (unpaired) electrons. The third-order valence-electron chi connectivity index (χ3n) is 4.08. The maximum Gasteiger partial charge on any atom is 0.416 e. The molecule has 0 spiro atoms. The van der Waals surface area contributed by atoms with Gasteiger partial charge in [0, 0.05) is 17.1 Å². The molecule has 11 heteroatoms. The Labute approximate surface area is 163 Å². The summed E-state index contributed by atoms with van der Waals surface area (Å²) in [5.74, 6) is -2.34. The lowest BCUT2D eigenvalue weighted by Gasteiger charge is -2.35. The first-order chi connectivity index (χ1) is 13.5. The van der Waals surface area contributed by atoms with Crippen molar-refractivity contribution in [3.8, 4) is 0 Å². The van der Waals surface area contributed by atoms with Crippen LogP contribution in [0, 0.1) is 13.8 Å². The van der Waals surface area contributed by atoms with Crippen LogP contribution in [0.25, 0.3) is 0 Å². The Kier molecular flexibility index (Phi) is 5.23. The van der Waals surface area contributed by atoms with Crippen LogP contribution < -0.4 is 10.2 Å². The molecule has 0 bridgehead atoms. The number of rotatable bonds is 3. The van der Waals surface area contributed by atoms with E-state index in [0.29, 0.717) is 11.4 Å². The number of hydrogen-bond acceptors (Lipinski definition) is 5. The Morgan fingerprint density at radius 2 is 1.90 bits per heavy atom. The molecule has 2 N–H and O–H groups in total. The van der Waals surface area contributed by atoms with Gasteiger partial charge in [-0.2, -0.15) is 18.2 Å². The van der Waals surface area contributed by atoms with Crippen molar-refractivity contribution in [1.29, 1.82) is 0 Å². The SMILES string of the molecule is Cc1cc(C)nc(N=C2NC(=O)CC(C(=O)O)N2c2cccc(C(F)(F)F)c2)n1. The number of aliphatic imine (C=N–C) groups is 1. The summed E-state index contributed by atoms with van der Waals surface area (Å²) in [5, 5.41) is 12.0. The van der Waals surface area contributed by atoms with Crippen molar-refractivity contribution >= 4 is 29.5 Å². The lowest BCUT2D eigenvalue weighted by atomic mass is 10.1. The van der Waals surface area contributed by atoms with Crippen molar-refractivity contribution in [2.75, 3.05) is 4.90 Å². The Morgan fingerprint density at radius 1 is 1.24 bits per heavy atom. The van der Waals surface area contributed by atoms with Crippen LogP contribution >= 0.6 is 0 Å². The largest absolute Gasteiger partial charge is 0.480 e. The van der Waals surface area contributed by atoms with Crippen molar-refractivity contribution < 1.29 is 27.9 Å². The van der Waals surface area contributed by atoms with Crippen LogP contribution in [0.1, 0.15) is 23.4 Å². The number of alkyl halides is 3. The molecule has 1 amide bonds. The van der Waals surface area contributed by atoms with Crippen molar-refractivity contribution in [2.45, 2.75) is 32.5 Å². The first kappa shape index (κ1) is 20.2. The predicted octanol–water partition coefficient (Wildman–Crippen LogP) is 2.58. The van der Waals surface area contributed by atoms with Crippen molar-refractivity contribution in [2.24, 2.45) is 4.99 Å². The molecule has 2 heterocycles. The van der Waals surface area contributed by atoms with E-state index in [1.54, 1.807) is 19.9 Å². The predicted molar refractivity (Wildman–Crippen MR) is 96.7 cm³/mol. The number of anilines is 1. The van der Waals surface area contributed by atoms with E-state index in [-0.39, 0.29) is 17.6 Å². The molecule has 29 heavy (non-hydrogen) atoms. The maximum atomic E-state index is 13.1. The molecule has 1 aromatic heterocycles. The molecule has 0 saturated carbocycles. The number of carboxylic acids is 1. The molecule has 1 unspecified atom stereocenters. The molecule has 8 nitrogen and oxygen atoms in total. The van der Waals surface area contributed by atoms with Gasteiger partial charge < -0.3 is 5.11 Å². The number of carboxylic acid groups (broad SMARTS) is 1. The number of halogens is 3. The third kappa shape index (κ3) is 4.50. The van der Waals surface area contributed by atoms with E-state index in [2.05, 4.69) is 20.3 Å². The summed E-state index contributed by atoms with van der Waals surface area (Å²) in [6.07, 6.45) is -5.08.